The molecule has 4 rings (SSSR count). The molecule has 8 heteroatoms. The highest BCUT2D eigenvalue weighted by atomic mass is 32.2. The number of hydrogen-bond donors (Lipinski definition) is 1. The fourth-order valence-electron chi connectivity index (χ4n) is 3.88. The molecule has 1 heterocycles. The summed E-state index contributed by atoms with van der Waals surface area (Å²) in [6.45, 7) is 6.50. The molecule has 1 fully saturated rings. The van der Waals surface area contributed by atoms with E-state index >= 15 is 0 Å². The quantitative estimate of drug-likeness (QED) is 0.519. The molecule has 2 amide bonds. The van der Waals surface area contributed by atoms with Gasteiger partial charge in [-0.25, -0.2) is 18.2 Å². The molecular weight excluding hydrogens is 448 g/mol. The van der Waals surface area contributed by atoms with E-state index in [2.05, 4.69) is 10.3 Å². The van der Waals surface area contributed by atoms with Crippen LogP contribution in [0.2, 0.25) is 0 Å². The molecule has 180 valence electrons. The molecule has 0 radical (unpaired) electrons. The second-order valence-corrected chi connectivity index (χ2v) is 11.8. The standard InChI is InChI=1S/C26H32N4O3S/c1-26(2,3)28-24(31)29(22-14-15-22)18-23-16-27-25(30(23)17-20-10-6-4-7-11-20)34(32,33)19-21-12-8-5-9-13-21/h4-13,16,22H,14-15,17-19H2,1-3H3,(H,28,31). The third-order valence-corrected chi connectivity index (χ3v) is 7.22. The van der Waals surface area contributed by atoms with Gasteiger partial charge < -0.3 is 14.8 Å². The van der Waals surface area contributed by atoms with E-state index < -0.39 is 9.84 Å². The van der Waals surface area contributed by atoms with Gasteiger partial charge in [0.2, 0.25) is 15.0 Å². The summed E-state index contributed by atoms with van der Waals surface area (Å²) >= 11 is 0. The van der Waals surface area contributed by atoms with Crippen LogP contribution in [0.3, 0.4) is 0 Å². The van der Waals surface area contributed by atoms with E-state index in [0.29, 0.717) is 24.3 Å². The van der Waals surface area contributed by atoms with Crippen molar-refractivity contribution < 1.29 is 13.2 Å². The predicted molar refractivity (Wildman–Crippen MR) is 132 cm³/mol. The number of nitrogens with one attached hydrogen (secondary N) is 1. The summed E-state index contributed by atoms with van der Waals surface area (Å²) in [6, 6.07) is 18.8. The first-order valence-electron chi connectivity index (χ1n) is 11.6. The summed E-state index contributed by atoms with van der Waals surface area (Å²) in [6.07, 6.45) is 3.49. The molecule has 0 saturated heterocycles. The summed E-state index contributed by atoms with van der Waals surface area (Å²) < 4.78 is 28.5. The number of imidazole rings is 1. The van der Waals surface area contributed by atoms with Crippen LogP contribution in [-0.2, 0) is 28.7 Å². The fourth-order valence-corrected chi connectivity index (χ4v) is 5.37. The van der Waals surface area contributed by atoms with Crippen LogP contribution < -0.4 is 5.32 Å². The molecule has 0 bridgehead atoms. The van der Waals surface area contributed by atoms with Gasteiger partial charge >= 0.3 is 6.03 Å². The van der Waals surface area contributed by atoms with E-state index in [1.165, 1.54) is 0 Å². The Balaban J connectivity index is 1.68. The summed E-state index contributed by atoms with van der Waals surface area (Å²) in [5, 5.41) is 3.07. The van der Waals surface area contributed by atoms with Crippen molar-refractivity contribution in [3.63, 3.8) is 0 Å². The van der Waals surface area contributed by atoms with Crippen LogP contribution in [-0.4, -0.2) is 40.5 Å². The molecule has 1 saturated carbocycles. The van der Waals surface area contributed by atoms with Gasteiger partial charge in [0.05, 0.1) is 30.7 Å². The van der Waals surface area contributed by atoms with E-state index in [1.54, 1.807) is 27.8 Å². The van der Waals surface area contributed by atoms with Gasteiger partial charge in [0.1, 0.15) is 0 Å². The zero-order chi connectivity index (χ0) is 24.3. The third kappa shape index (κ3) is 6.05. The maximum absolute atomic E-state index is 13.4. The number of nitrogens with zero attached hydrogens (tertiary/aromatic N) is 3. The number of urea groups is 1. The van der Waals surface area contributed by atoms with Gasteiger partial charge in [0.25, 0.3) is 0 Å². The van der Waals surface area contributed by atoms with Gasteiger partial charge in [-0.1, -0.05) is 60.7 Å². The Hall–Kier alpha value is -3.13. The smallest absolute Gasteiger partial charge is 0.318 e. The summed E-state index contributed by atoms with van der Waals surface area (Å²) in [7, 11) is -3.70. The Labute approximate surface area is 201 Å². The van der Waals surface area contributed by atoms with Gasteiger partial charge in [0.15, 0.2) is 0 Å². The lowest BCUT2D eigenvalue weighted by Crippen LogP contribution is -2.49. The maximum Gasteiger partial charge on any atom is 0.318 e. The van der Waals surface area contributed by atoms with Crippen molar-refractivity contribution in [1.82, 2.24) is 19.8 Å². The first-order chi connectivity index (χ1) is 16.1. The van der Waals surface area contributed by atoms with Gasteiger partial charge in [-0.2, -0.15) is 0 Å². The van der Waals surface area contributed by atoms with Crippen LogP contribution in [0.4, 0.5) is 4.79 Å². The Morgan fingerprint density at radius 3 is 2.18 bits per heavy atom. The lowest BCUT2D eigenvalue weighted by atomic mass is 10.1. The number of amides is 2. The van der Waals surface area contributed by atoms with Gasteiger partial charge in [-0.15, -0.1) is 0 Å². The highest BCUT2D eigenvalue weighted by Gasteiger charge is 2.35. The number of hydrogen-bond acceptors (Lipinski definition) is 4. The van der Waals surface area contributed by atoms with Gasteiger partial charge in [0, 0.05) is 11.6 Å². The molecule has 1 N–H and O–H groups in total. The van der Waals surface area contributed by atoms with Gasteiger partial charge in [-0.3, -0.25) is 0 Å². The third-order valence-electron chi connectivity index (χ3n) is 5.63. The molecule has 2 aromatic carbocycles. The largest absolute Gasteiger partial charge is 0.333 e. The van der Waals surface area contributed by atoms with Crippen LogP contribution in [0.5, 0.6) is 0 Å². The number of benzene rings is 2. The minimum Gasteiger partial charge on any atom is -0.333 e. The zero-order valence-electron chi connectivity index (χ0n) is 19.9. The maximum atomic E-state index is 13.4. The fraction of sp³-hybridized carbons (Fsp3) is 0.385. The molecule has 7 nitrogen and oxygen atoms in total. The van der Waals surface area contributed by atoms with E-state index in [1.807, 2.05) is 69.3 Å². The number of carbonyl (C=O) groups is 1. The van der Waals surface area contributed by atoms with Crippen molar-refractivity contribution in [2.24, 2.45) is 0 Å². The minimum absolute atomic E-state index is 0.0298. The molecule has 0 atom stereocenters. The number of aromatic nitrogens is 2. The minimum atomic E-state index is -3.70. The van der Waals surface area contributed by atoms with E-state index in [9.17, 15) is 13.2 Å². The molecule has 1 aliphatic rings. The SMILES string of the molecule is CC(C)(C)NC(=O)N(Cc1cnc(S(=O)(=O)Cc2ccccc2)n1Cc1ccccc1)C1CC1. The summed E-state index contributed by atoms with van der Waals surface area (Å²) in [5.41, 5.74) is 2.02. The molecule has 34 heavy (non-hydrogen) atoms. The lowest BCUT2D eigenvalue weighted by molar-refractivity contribution is 0.181. The number of sulfone groups is 1. The van der Waals surface area contributed by atoms with Crippen molar-refractivity contribution in [3.8, 4) is 0 Å². The van der Waals surface area contributed by atoms with Crippen molar-refractivity contribution in [3.05, 3.63) is 83.7 Å². The normalized spacial score (nSPS) is 14.1. The Morgan fingerprint density at radius 2 is 1.62 bits per heavy atom. The highest BCUT2D eigenvalue weighted by molar-refractivity contribution is 7.90. The molecule has 0 spiro atoms. The Bertz CT molecular complexity index is 1230. The van der Waals surface area contributed by atoms with E-state index in [0.717, 1.165) is 18.4 Å². The Kier molecular flexibility index (Phi) is 6.79. The monoisotopic (exact) mass is 480 g/mol. The molecule has 0 unspecified atom stereocenters. The van der Waals surface area contributed by atoms with Crippen molar-refractivity contribution in [2.75, 3.05) is 0 Å². The predicted octanol–water partition coefficient (Wildman–Crippen LogP) is 4.38. The van der Waals surface area contributed by atoms with Crippen molar-refractivity contribution >= 4 is 15.9 Å². The van der Waals surface area contributed by atoms with Crippen molar-refractivity contribution in [2.45, 2.75) is 69.2 Å². The average molecular weight is 481 g/mol. The molecule has 3 aromatic rings. The zero-order valence-corrected chi connectivity index (χ0v) is 20.8. The topological polar surface area (TPSA) is 84.3 Å². The van der Waals surface area contributed by atoms with Crippen molar-refractivity contribution in [1.29, 1.82) is 0 Å². The number of carbonyl (C=O) groups excluding carboxylic acids is 1. The van der Waals surface area contributed by atoms with E-state index in [-0.39, 0.29) is 28.5 Å². The Morgan fingerprint density at radius 1 is 1.03 bits per heavy atom. The lowest BCUT2D eigenvalue weighted by Gasteiger charge is -2.29. The van der Waals surface area contributed by atoms with Crippen LogP contribution in [0.15, 0.2) is 72.0 Å². The van der Waals surface area contributed by atoms with Crippen LogP contribution in [0, 0.1) is 0 Å². The summed E-state index contributed by atoms with van der Waals surface area (Å²) in [4.78, 5) is 19.2. The molecule has 0 aliphatic heterocycles. The number of rotatable bonds is 8. The average Bonchev–Trinajstić information content (AvgIpc) is 3.53. The first-order valence-corrected chi connectivity index (χ1v) is 13.2. The molecule has 1 aromatic heterocycles. The van der Waals surface area contributed by atoms with Crippen LogP contribution in [0.1, 0.15) is 50.4 Å². The summed E-state index contributed by atoms with van der Waals surface area (Å²) in [5.74, 6) is -0.129. The highest BCUT2D eigenvalue weighted by Crippen LogP contribution is 2.30. The molecule has 1 aliphatic carbocycles. The second-order valence-electron chi connectivity index (χ2n) is 9.89. The molecular formula is C26H32N4O3S. The second kappa shape index (κ2) is 9.62. The van der Waals surface area contributed by atoms with E-state index in [4.69, 9.17) is 0 Å². The van der Waals surface area contributed by atoms with Crippen LogP contribution >= 0.6 is 0 Å². The van der Waals surface area contributed by atoms with Crippen LogP contribution in [0.25, 0.3) is 0 Å². The first kappa shape index (κ1) is 24.0. The van der Waals surface area contributed by atoms with Gasteiger partial charge in [-0.05, 0) is 44.7 Å².